The molecule has 0 radical (unpaired) electrons. The van der Waals surface area contributed by atoms with Crippen molar-refractivity contribution in [3.8, 4) is 5.75 Å². The van der Waals surface area contributed by atoms with E-state index in [-0.39, 0.29) is 22.6 Å². The van der Waals surface area contributed by atoms with Crippen LogP contribution in [0.3, 0.4) is 0 Å². The molecule has 1 rings (SSSR count). The van der Waals surface area contributed by atoms with Crippen LogP contribution in [0.15, 0.2) is 17.0 Å². The second-order valence-electron chi connectivity index (χ2n) is 4.51. The molecule has 20 heavy (non-hydrogen) atoms. The van der Waals surface area contributed by atoms with Crippen LogP contribution in [0.25, 0.3) is 0 Å². The van der Waals surface area contributed by atoms with Crippen LogP contribution in [0.2, 0.25) is 5.02 Å². The van der Waals surface area contributed by atoms with Gasteiger partial charge in [0.1, 0.15) is 10.6 Å². The summed E-state index contributed by atoms with van der Waals surface area (Å²) >= 11 is 11.8. The molecule has 1 atom stereocenters. The second-order valence-corrected chi connectivity index (χ2v) is 7.18. The maximum Gasteiger partial charge on any atom is 0.246 e. The molecule has 0 aliphatic carbocycles. The molecular weight excluding hydrogens is 321 g/mol. The summed E-state index contributed by atoms with van der Waals surface area (Å²) < 4.78 is 31.9. The first-order chi connectivity index (χ1) is 9.29. The van der Waals surface area contributed by atoms with E-state index in [2.05, 4.69) is 0 Å². The van der Waals surface area contributed by atoms with E-state index in [4.69, 9.17) is 27.9 Å². The molecule has 0 aromatic heterocycles. The van der Waals surface area contributed by atoms with Gasteiger partial charge in [-0.05, 0) is 25.5 Å². The van der Waals surface area contributed by atoms with Crippen molar-refractivity contribution in [1.82, 2.24) is 4.31 Å². The maximum absolute atomic E-state index is 12.7. The molecule has 7 heteroatoms. The van der Waals surface area contributed by atoms with Crippen molar-refractivity contribution in [2.45, 2.75) is 37.1 Å². The van der Waals surface area contributed by atoms with Crippen LogP contribution in [0.4, 0.5) is 0 Å². The highest BCUT2D eigenvalue weighted by atomic mass is 35.5. The van der Waals surface area contributed by atoms with Gasteiger partial charge in [-0.2, -0.15) is 4.31 Å². The van der Waals surface area contributed by atoms with Crippen LogP contribution in [0, 0.1) is 0 Å². The Hall–Kier alpha value is -0.490. The Morgan fingerprint density at radius 3 is 2.45 bits per heavy atom. The third kappa shape index (κ3) is 3.39. The topological polar surface area (TPSA) is 46.6 Å². The van der Waals surface area contributed by atoms with Crippen molar-refractivity contribution in [2.24, 2.45) is 0 Å². The summed E-state index contributed by atoms with van der Waals surface area (Å²) in [5.74, 6) is 0.374. The fraction of sp³-hybridized carbons (Fsp3) is 0.538. The molecule has 1 unspecified atom stereocenters. The van der Waals surface area contributed by atoms with Gasteiger partial charge in [0.25, 0.3) is 0 Å². The third-order valence-corrected chi connectivity index (χ3v) is 5.80. The Morgan fingerprint density at radius 1 is 1.40 bits per heavy atom. The van der Waals surface area contributed by atoms with Crippen molar-refractivity contribution in [2.75, 3.05) is 14.2 Å². The lowest BCUT2D eigenvalue weighted by molar-refractivity contribution is 0.370. The molecule has 0 aliphatic rings. The Labute approximate surface area is 130 Å². The van der Waals surface area contributed by atoms with E-state index in [1.807, 2.05) is 13.8 Å². The molecule has 1 aromatic rings. The van der Waals surface area contributed by atoms with Crippen LogP contribution >= 0.6 is 23.2 Å². The highest BCUT2D eigenvalue weighted by Crippen LogP contribution is 2.34. The van der Waals surface area contributed by atoms with Crippen molar-refractivity contribution in [3.63, 3.8) is 0 Å². The van der Waals surface area contributed by atoms with Crippen molar-refractivity contribution < 1.29 is 13.2 Å². The summed E-state index contributed by atoms with van der Waals surface area (Å²) in [6.07, 6.45) is 0.709. The molecule has 4 nitrogen and oxygen atoms in total. The van der Waals surface area contributed by atoms with Gasteiger partial charge >= 0.3 is 0 Å². The molecule has 0 saturated heterocycles. The van der Waals surface area contributed by atoms with Gasteiger partial charge < -0.3 is 4.74 Å². The van der Waals surface area contributed by atoms with E-state index < -0.39 is 10.0 Å². The lowest BCUT2D eigenvalue weighted by Crippen LogP contribution is -2.34. The summed E-state index contributed by atoms with van der Waals surface area (Å²) in [5, 5.41) is 0.317. The third-order valence-electron chi connectivity index (χ3n) is 3.31. The van der Waals surface area contributed by atoms with Crippen LogP contribution < -0.4 is 4.74 Å². The number of methoxy groups -OCH3 is 1. The van der Waals surface area contributed by atoms with Crippen LogP contribution in [-0.2, 0) is 15.9 Å². The number of rotatable bonds is 6. The lowest BCUT2D eigenvalue weighted by Gasteiger charge is -2.24. The number of benzene rings is 1. The zero-order valence-corrected chi connectivity index (χ0v) is 14.3. The monoisotopic (exact) mass is 339 g/mol. The Bertz CT molecular complexity index is 575. The Morgan fingerprint density at radius 2 is 2.00 bits per heavy atom. The summed E-state index contributed by atoms with van der Waals surface area (Å²) in [5.41, 5.74) is 0.554. The number of sulfonamides is 1. The molecule has 0 amide bonds. The molecule has 1 aromatic carbocycles. The minimum absolute atomic E-state index is 0.0472. The molecule has 0 aliphatic heterocycles. The predicted molar refractivity (Wildman–Crippen MR) is 82.3 cm³/mol. The first-order valence-electron chi connectivity index (χ1n) is 6.20. The molecule has 0 fully saturated rings. The first-order valence-corrected chi connectivity index (χ1v) is 8.55. The second kappa shape index (κ2) is 6.98. The van der Waals surface area contributed by atoms with E-state index in [0.29, 0.717) is 17.0 Å². The fourth-order valence-electron chi connectivity index (χ4n) is 1.79. The number of ether oxygens (including phenoxy) is 1. The quantitative estimate of drug-likeness (QED) is 0.745. The van der Waals surface area contributed by atoms with Gasteiger partial charge in [-0.1, -0.05) is 18.5 Å². The maximum atomic E-state index is 12.7. The largest absolute Gasteiger partial charge is 0.495 e. The average Bonchev–Trinajstić information content (AvgIpc) is 2.44. The summed E-state index contributed by atoms with van der Waals surface area (Å²) in [7, 11) is -0.719. The summed E-state index contributed by atoms with van der Waals surface area (Å²) in [4.78, 5) is 0.0472. The number of alkyl halides is 1. The van der Waals surface area contributed by atoms with E-state index in [0.717, 1.165) is 0 Å². The highest BCUT2D eigenvalue weighted by Gasteiger charge is 2.29. The van der Waals surface area contributed by atoms with Gasteiger partial charge in [0.15, 0.2) is 0 Å². The van der Waals surface area contributed by atoms with Crippen LogP contribution in [0.1, 0.15) is 25.8 Å². The lowest BCUT2D eigenvalue weighted by atomic mass is 10.2. The SMILES string of the molecule is CCC(C)N(C)S(=O)(=O)c1cc(Cl)cc(CCl)c1OC. The van der Waals surface area contributed by atoms with E-state index in [9.17, 15) is 8.42 Å². The van der Waals surface area contributed by atoms with Crippen LogP contribution in [-0.4, -0.2) is 32.9 Å². The Balaban J connectivity index is 3.49. The first kappa shape index (κ1) is 17.6. The van der Waals surface area contributed by atoms with Crippen molar-refractivity contribution in [3.05, 3.63) is 22.7 Å². The molecular formula is C13H19Cl2NO3S. The Kier molecular flexibility index (Phi) is 6.13. The predicted octanol–water partition coefficient (Wildman–Crippen LogP) is 3.51. The molecule has 0 saturated carbocycles. The highest BCUT2D eigenvalue weighted by molar-refractivity contribution is 7.89. The van der Waals surface area contributed by atoms with E-state index in [1.165, 1.54) is 17.5 Å². The number of halogens is 2. The number of hydrogen-bond acceptors (Lipinski definition) is 3. The van der Waals surface area contributed by atoms with Gasteiger partial charge in [0.05, 0.1) is 13.0 Å². The zero-order chi connectivity index (χ0) is 15.5. The standard InChI is InChI=1S/C13H19Cl2NO3S/c1-5-9(2)16(3)20(17,18)12-7-11(15)6-10(8-14)13(12)19-4/h6-7,9H,5,8H2,1-4H3. The number of nitrogens with zero attached hydrogens (tertiary/aromatic N) is 1. The molecule has 0 bridgehead atoms. The van der Waals surface area contributed by atoms with E-state index in [1.54, 1.807) is 13.1 Å². The minimum Gasteiger partial charge on any atom is -0.495 e. The van der Waals surface area contributed by atoms with Gasteiger partial charge in [0, 0.05) is 23.7 Å². The van der Waals surface area contributed by atoms with Gasteiger partial charge in [-0.25, -0.2) is 8.42 Å². The molecule has 0 N–H and O–H groups in total. The minimum atomic E-state index is -3.68. The van der Waals surface area contributed by atoms with Gasteiger partial charge in [-0.3, -0.25) is 0 Å². The van der Waals surface area contributed by atoms with Gasteiger partial charge in [-0.15, -0.1) is 11.6 Å². The van der Waals surface area contributed by atoms with Crippen molar-refractivity contribution >= 4 is 33.2 Å². The number of hydrogen-bond donors (Lipinski definition) is 0. The van der Waals surface area contributed by atoms with E-state index >= 15 is 0 Å². The van der Waals surface area contributed by atoms with Crippen molar-refractivity contribution in [1.29, 1.82) is 0 Å². The summed E-state index contributed by atoms with van der Waals surface area (Å²) in [6.45, 7) is 3.77. The average molecular weight is 340 g/mol. The smallest absolute Gasteiger partial charge is 0.246 e. The fourth-order valence-corrected chi connectivity index (χ4v) is 3.96. The normalized spacial score (nSPS) is 13.6. The molecule has 114 valence electrons. The van der Waals surface area contributed by atoms with Gasteiger partial charge in [0.2, 0.25) is 10.0 Å². The van der Waals surface area contributed by atoms with Crippen LogP contribution in [0.5, 0.6) is 5.75 Å². The zero-order valence-electron chi connectivity index (χ0n) is 12.0. The molecule has 0 spiro atoms. The summed E-state index contributed by atoms with van der Waals surface area (Å²) in [6, 6.07) is 2.88. The molecule has 0 heterocycles.